The zero-order valence-electron chi connectivity index (χ0n) is 10.4. The number of carbonyl (C=O) groups excluding carboxylic acids is 1. The molecule has 1 fully saturated rings. The van der Waals surface area contributed by atoms with E-state index in [0.29, 0.717) is 10.6 Å². The van der Waals surface area contributed by atoms with E-state index < -0.39 is 0 Å². The van der Waals surface area contributed by atoms with Crippen LogP contribution in [0.4, 0.5) is 0 Å². The van der Waals surface area contributed by atoms with E-state index in [4.69, 9.17) is 9.94 Å². The molecule has 0 aliphatic carbocycles. The van der Waals surface area contributed by atoms with Crippen LogP contribution in [0.15, 0.2) is 15.4 Å². The third kappa shape index (κ3) is 4.04. The number of nitrogens with one attached hydrogen (secondary N) is 1. The lowest BCUT2D eigenvalue weighted by atomic mass is 10.1. The molecule has 3 heterocycles. The quantitative estimate of drug-likeness (QED) is 0.470. The number of hydrogen-bond donors (Lipinski definition) is 2. The number of rotatable bonds is 1. The van der Waals surface area contributed by atoms with Gasteiger partial charge in [-0.25, -0.2) is 0 Å². The van der Waals surface area contributed by atoms with Crippen molar-refractivity contribution in [2.24, 2.45) is 5.16 Å². The molecule has 5 nitrogen and oxygen atoms in total. The Morgan fingerprint density at radius 2 is 2.21 bits per heavy atom. The van der Waals surface area contributed by atoms with Gasteiger partial charge in [-0.2, -0.15) is 0 Å². The first-order valence-electron chi connectivity index (χ1n) is 6.06. The SMILES string of the molecule is C1COCCN1.O=Cc1cc2c(s1)SCCC2=NO. The van der Waals surface area contributed by atoms with Crippen LogP contribution >= 0.6 is 23.1 Å². The van der Waals surface area contributed by atoms with Crippen LogP contribution < -0.4 is 5.32 Å². The summed E-state index contributed by atoms with van der Waals surface area (Å²) in [5.41, 5.74) is 1.61. The molecule has 0 unspecified atom stereocenters. The number of thioether (sulfide) groups is 1. The minimum Gasteiger partial charge on any atom is -0.411 e. The molecule has 1 aromatic heterocycles. The van der Waals surface area contributed by atoms with Gasteiger partial charge in [0.1, 0.15) is 0 Å². The molecular formula is C12H16N2O3S2. The van der Waals surface area contributed by atoms with Gasteiger partial charge in [-0.15, -0.1) is 23.1 Å². The van der Waals surface area contributed by atoms with E-state index in [2.05, 4.69) is 10.5 Å². The zero-order valence-corrected chi connectivity index (χ0v) is 12.1. The highest BCUT2D eigenvalue weighted by Crippen LogP contribution is 2.36. The standard InChI is InChI=1S/C8H7NO2S2.C4H9NO/c10-4-5-3-6-7(9-11)1-2-12-8(6)13-5;1-3-6-4-2-5-1/h3-4,11H,1-2H2;5H,1-4H2. The van der Waals surface area contributed by atoms with Crippen molar-refractivity contribution in [3.05, 3.63) is 16.5 Å². The lowest BCUT2D eigenvalue weighted by Crippen LogP contribution is -2.30. The Labute approximate surface area is 120 Å². The van der Waals surface area contributed by atoms with Crippen molar-refractivity contribution < 1.29 is 14.7 Å². The first kappa shape index (κ1) is 14.5. The van der Waals surface area contributed by atoms with Gasteiger partial charge in [-0.05, 0) is 6.07 Å². The van der Waals surface area contributed by atoms with Gasteiger partial charge in [0.2, 0.25) is 0 Å². The smallest absolute Gasteiger partial charge is 0.160 e. The van der Waals surface area contributed by atoms with Crippen molar-refractivity contribution in [3.8, 4) is 0 Å². The van der Waals surface area contributed by atoms with Gasteiger partial charge >= 0.3 is 0 Å². The van der Waals surface area contributed by atoms with Crippen molar-refractivity contribution in [2.45, 2.75) is 10.6 Å². The van der Waals surface area contributed by atoms with Crippen LogP contribution in [0.2, 0.25) is 0 Å². The minimum atomic E-state index is 0.693. The highest BCUT2D eigenvalue weighted by atomic mass is 32.2. The second kappa shape index (κ2) is 7.64. The van der Waals surface area contributed by atoms with Gasteiger partial charge in [0.25, 0.3) is 0 Å². The molecule has 1 saturated heterocycles. The molecule has 2 N–H and O–H groups in total. The first-order valence-corrected chi connectivity index (χ1v) is 7.87. The fourth-order valence-electron chi connectivity index (χ4n) is 1.75. The maximum Gasteiger partial charge on any atom is 0.160 e. The predicted molar refractivity (Wildman–Crippen MR) is 77.1 cm³/mol. The lowest BCUT2D eigenvalue weighted by Gasteiger charge is -2.10. The summed E-state index contributed by atoms with van der Waals surface area (Å²) in [7, 11) is 0. The molecule has 0 amide bonds. The summed E-state index contributed by atoms with van der Waals surface area (Å²) in [6, 6.07) is 1.79. The van der Waals surface area contributed by atoms with E-state index in [9.17, 15) is 4.79 Å². The molecule has 2 aliphatic rings. The fraction of sp³-hybridized carbons (Fsp3) is 0.500. The Bertz CT molecular complexity index is 444. The molecule has 7 heteroatoms. The highest BCUT2D eigenvalue weighted by Gasteiger charge is 2.19. The number of aldehydes is 1. The predicted octanol–water partition coefficient (Wildman–Crippen LogP) is 1.84. The zero-order chi connectivity index (χ0) is 13.5. The maximum atomic E-state index is 10.5. The van der Waals surface area contributed by atoms with E-state index in [0.717, 1.165) is 54.5 Å². The highest BCUT2D eigenvalue weighted by molar-refractivity contribution is 8.01. The Morgan fingerprint density at radius 1 is 1.42 bits per heavy atom. The van der Waals surface area contributed by atoms with Gasteiger partial charge < -0.3 is 15.3 Å². The van der Waals surface area contributed by atoms with E-state index in [1.165, 1.54) is 11.3 Å². The maximum absolute atomic E-state index is 10.5. The van der Waals surface area contributed by atoms with Crippen LogP contribution in [0.1, 0.15) is 21.7 Å². The summed E-state index contributed by atoms with van der Waals surface area (Å²) < 4.78 is 6.09. The molecular weight excluding hydrogens is 284 g/mol. The first-order chi connectivity index (χ1) is 9.35. The molecule has 0 spiro atoms. The third-order valence-corrected chi connectivity index (χ3v) is 5.03. The summed E-state index contributed by atoms with van der Waals surface area (Å²) in [5, 5.41) is 15.1. The minimum absolute atomic E-state index is 0.693. The van der Waals surface area contributed by atoms with Gasteiger partial charge in [0.05, 0.1) is 28.0 Å². The molecule has 0 bridgehead atoms. The van der Waals surface area contributed by atoms with Crippen LogP contribution in [0.25, 0.3) is 0 Å². The number of fused-ring (bicyclic) bond motifs is 1. The summed E-state index contributed by atoms with van der Waals surface area (Å²) >= 11 is 3.17. The fourth-order valence-corrected chi connectivity index (χ4v) is 4.07. The molecule has 19 heavy (non-hydrogen) atoms. The molecule has 0 saturated carbocycles. The average molecular weight is 300 g/mol. The Hall–Kier alpha value is -0.890. The average Bonchev–Trinajstić information content (AvgIpc) is 2.92. The van der Waals surface area contributed by atoms with Crippen LogP contribution in [0.5, 0.6) is 0 Å². The van der Waals surface area contributed by atoms with Crippen molar-refractivity contribution in [1.82, 2.24) is 5.32 Å². The molecule has 2 aliphatic heterocycles. The number of morpholine rings is 1. The number of thiophene rings is 1. The molecule has 3 rings (SSSR count). The van der Waals surface area contributed by atoms with E-state index in [-0.39, 0.29) is 0 Å². The second-order valence-corrected chi connectivity index (χ2v) is 6.42. The van der Waals surface area contributed by atoms with E-state index >= 15 is 0 Å². The number of ether oxygens (including phenoxy) is 1. The lowest BCUT2D eigenvalue weighted by molar-refractivity contribution is 0.109. The molecule has 104 valence electrons. The van der Waals surface area contributed by atoms with Crippen molar-refractivity contribution in [3.63, 3.8) is 0 Å². The van der Waals surface area contributed by atoms with Crippen molar-refractivity contribution >= 4 is 35.1 Å². The largest absolute Gasteiger partial charge is 0.411 e. The van der Waals surface area contributed by atoms with Gasteiger partial charge in [-0.3, -0.25) is 4.79 Å². The van der Waals surface area contributed by atoms with Crippen LogP contribution in [0.3, 0.4) is 0 Å². The number of oxime groups is 1. The summed E-state index contributed by atoms with van der Waals surface area (Å²) in [6.07, 6.45) is 1.60. The normalized spacial score (nSPS) is 20.3. The molecule has 0 atom stereocenters. The summed E-state index contributed by atoms with van der Waals surface area (Å²) in [6.45, 7) is 3.83. The monoisotopic (exact) mass is 300 g/mol. The Kier molecular flexibility index (Phi) is 5.84. The summed E-state index contributed by atoms with van der Waals surface area (Å²) in [5.74, 6) is 0.922. The van der Waals surface area contributed by atoms with Crippen molar-refractivity contribution in [1.29, 1.82) is 0 Å². The second-order valence-electron chi connectivity index (χ2n) is 3.98. The Morgan fingerprint density at radius 3 is 2.74 bits per heavy atom. The number of carbonyl (C=O) groups is 1. The van der Waals surface area contributed by atoms with Crippen molar-refractivity contribution in [2.75, 3.05) is 32.1 Å². The van der Waals surface area contributed by atoms with E-state index in [1.807, 2.05) is 0 Å². The third-order valence-electron chi connectivity index (χ3n) is 2.68. The van der Waals surface area contributed by atoms with Crippen LogP contribution in [0, 0.1) is 0 Å². The van der Waals surface area contributed by atoms with Crippen LogP contribution in [-0.2, 0) is 4.74 Å². The van der Waals surface area contributed by atoms with Gasteiger partial charge in [0.15, 0.2) is 6.29 Å². The Balaban J connectivity index is 0.000000186. The molecule has 0 aromatic carbocycles. The van der Waals surface area contributed by atoms with Crippen LogP contribution in [-0.4, -0.2) is 49.3 Å². The topological polar surface area (TPSA) is 70.9 Å². The van der Waals surface area contributed by atoms with Gasteiger partial charge in [0, 0.05) is 30.8 Å². The van der Waals surface area contributed by atoms with Gasteiger partial charge in [-0.1, -0.05) is 5.16 Å². The van der Waals surface area contributed by atoms with E-state index in [1.54, 1.807) is 17.8 Å². The summed E-state index contributed by atoms with van der Waals surface area (Å²) in [4.78, 5) is 11.2. The molecule has 0 radical (unpaired) electrons. The molecule has 1 aromatic rings. The number of nitrogens with zero attached hydrogens (tertiary/aromatic N) is 1. The number of hydrogen-bond acceptors (Lipinski definition) is 7.